The van der Waals surface area contributed by atoms with Crippen LogP contribution in [0.2, 0.25) is 0 Å². The number of methoxy groups -OCH3 is 1. The molecule has 1 aromatic carbocycles. The van der Waals surface area contributed by atoms with Gasteiger partial charge in [-0.05, 0) is 47.4 Å². The summed E-state index contributed by atoms with van der Waals surface area (Å²) in [6.07, 6.45) is 4.51. The summed E-state index contributed by atoms with van der Waals surface area (Å²) in [4.78, 5) is 14.2. The molecule has 0 radical (unpaired) electrons. The molecule has 1 amide bonds. The van der Waals surface area contributed by atoms with Crippen LogP contribution in [0.5, 0.6) is 5.75 Å². The van der Waals surface area contributed by atoms with E-state index in [4.69, 9.17) is 4.74 Å². The number of fused-ring (bicyclic) bond motifs is 1. The summed E-state index contributed by atoms with van der Waals surface area (Å²) in [6, 6.07) is 7.31. The lowest BCUT2D eigenvalue weighted by Gasteiger charge is -2.09. The first kappa shape index (κ1) is 14.8. The topological polar surface area (TPSA) is 81.9 Å². The molecule has 0 spiro atoms. The van der Waals surface area contributed by atoms with E-state index in [0.29, 0.717) is 17.0 Å². The number of hydrogen-bond acceptors (Lipinski definition) is 6. The predicted molar refractivity (Wildman–Crippen MR) is 90.0 cm³/mol. The minimum absolute atomic E-state index is 0.145. The van der Waals surface area contributed by atoms with Crippen LogP contribution in [0.1, 0.15) is 27.2 Å². The molecule has 24 heavy (non-hydrogen) atoms. The van der Waals surface area contributed by atoms with Gasteiger partial charge in [0.2, 0.25) is 0 Å². The summed E-state index contributed by atoms with van der Waals surface area (Å²) in [5.74, 6) is 0.553. The van der Waals surface area contributed by atoms with Crippen molar-refractivity contribution in [3.8, 4) is 10.8 Å². The zero-order valence-corrected chi connectivity index (χ0v) is 13.8. The number of ether oxygens (including phenoxy) is 1. The standard InChI is InChI=1S/C16H15N5O2S/c1-23-11-5-2-4-10(8-11)18-15(22)14-12-6-3-7-13(12)24-16(14)21-9-17-19-20-21/h2,4-5,8-9H,3,6-7H2,1H3,(H,18,22). The van der Waals surface area contributed by atoms with Gasteiger partial charge in [0, 0.05) is 16.6 Å². The Morgan fingerprint density at radius 2 is 2.29 bits per heavy atom. The lowest BCUT2D eigenvalue weighted by Crippen LogP contribution is -2.15. The fourth-order valence-electron chi connectivity index (χ4n) is 2.93. The van der Waals surface area contributed by atoms with E-state index in [1.165, 1.54) is 11.2 Å². The van der Waals surface area contributed by atoms with Crippen molar-refractivity contribution < 1.29 is 9.53 Å². The zero-order chi connectivity index (χ0) is 16.5. The van der Waals surface area contributed by atoms with E-state index >= 15 is 0 Å². The predicted octanol–water partition coefficient (Wildman–Crippen LogP) is 2.47. The number of aromatic nitrogens is 4. The first-order valence-electron chi connectivity index (χ1n) is 7.59. The lowest BCUT2D eigenvalue weighted by atomic mass is 10.1. The first-order valence-corrected chi connectivity index (χ1v) is 8.41. The van der Waals surface area contributed by atoms with Gasteiger partial charge in [-0.25, -0.2) is 0 Å². The van der Waals surface area contributed by atoms with Crippen molar-refractivity contribution in [2.24, 2.45) is 0 Å². The number of carbonyl (C=O) groups is 1. The Hall–Kier alpha value is -2.74. The number of amides is 1. The maximum Gasteiger partial charge on any atom is 0.259 e. The summed E-state index contributed by atoms with van der Waals surface area (Å²) in [6.45, 7) is 0. The molecule has 0 unspecified atom stereocenters. The summed E-state index contributed by atoms with van der Waals surface area (Å²) >= 11 is 1.59. The summed E-state index contributed by atoms with van der Waals surface area (Å²) < 4.78 is 6.76. The second kappa shape index (κ2) is 6.04. The maximum absolute atomic E-state index is 12.9. The Bertz CT molecular complexity index is 888. The van der Waals surface area contributed by atoms with E-state index in [1.807, 2.05) is 18.2 Å². The highest BCUT2D eigenvalue weighted by Crippen LogP contribution is 2.37. The van der Waals surface area contributed by atoms with E-state index in [1.54, 1.807) is 29.2 Å². The molecule has 1 aliphatic rings. The molecule has 3 aromatic rings. The minimum atomic E-state index is -0.145. The fraction of sp³-hybridized carbons (Fsp3) is 0.250. The molecule has 1 aliphatic carbocycles. The van der Waals surface area contributed by atoms with Crippen molar-refractivity contribution in [3.63, 3.8) is 0 Å². The van der Waals surface area contributed by atoms with Crippen molar-refractivity contribution >= 4 is 22.9 Å². The Kier molecular flexibility index (Phi) is 3.73. The van der Waals surface area contributed by atoms with E-state index in [-0.39, 0.29) is 5.91 Å². The molecular weight excluding hydrogens is 326 g/mol. The number of aryl methyl sites for hydroxylation is 1. The molecule has 2 aromatic heterocycles. The van der Waals surface area contributed by atoms with E-state index in [0.717, 1.165) is 29.8 Å². The van der Waals surface area contributed by atoms with Crippen LogP contribution in [0.25, 0.3) is 5.00 Å². The molecule has 7 nitrogen and oxygen atoms in total. The molecule has 2 heterocycles. The smallest absolute Gasteiger partial charge is 0.259 e. The monoisotopic (exact) mass is 341 g/mol. The van der Waals surface area contributed by atoms with Crippen LogP contribution in [0, 0.1) is 0 Å². The highest BCUT2D eigenvalue weighted by atomic mass is 32.1. The number of carbonyl (C=O) groups excluding carboxylic acids is 1. The lowest BCUT2D eigenvalue weighted by molar-refractivity contribution is 0.102. The number of hydrogen-bond donors (Lipinski definition) is 1. The van der Waals surface area contributed by atoms with E-state index in [2.05, 4.69) is 20.8 Å². The molecular formula is C16H15N5O2S. The van der Waals surface area contributed by atoms with Crippen molar-refractivity contribution in [2.75, 3.05) is 12.4 Å². The van der Waals surface area contributed by atoms with Gasteiger partial charge < -0.3 is 10.1 Å². The van der Waals surface area contributed by atoms with Gasteiger partial charge in [-0.1, -0.05) is 6.07 Å². The van der Waals surface area contributed by atoms with Crippen molar-refractivity contribution in [1.29, 1.82) is 0 Å². The molecule has 8 heteroatoms. The number of anilines is 1. The molecule has 0 fully saturated rings. The summed E-state index contributed by atoms with van der Waals surface area (Å²) in [5, 5.41) is 15.0. The second-order valence-corrected chi connectivity index (χ2v) is 6.56. The second-order valence-electron chi connectivity index (χ2n) is 5.48. The average Bonchev–Trinajstić information content (AvgIpc) is 3.30. The average molecular weight is 341 g/mol. The van der Waals surface area contributed by atoms with Crippen LogP contribution in [0.4, 0.5) is 5.69 Å². The Morgan fingerprint density at radius 1 is 1.38 bits per heavy atom. The third-order valence-corrected chi connectivity index (χ3v) is 5.30. The number of nitrogens with zero attached hydrogens (tertiary/aromatic N) is 4. The highest BCUT2D eigenvalue weighted by molar-refractivity contribution is 7.15. The first-order chi connectivity index (χ1) is 11.8. The maximum atomic E-state index is 12.9. The molecule has 1 N–H and O–H groups in total. The molecule has 4 rings (SSSR count). The summed E-state index contributed by atoms with van der Waals surface area (Å²) in [7, 11) is 1.60. The van der Waals surface area contributed by atoms with Crippen LogP contribution in [-0.2, 0) is 12.8 Å². The molecule has 0 bridgehead atoms. The number of benzene rings is 1. The van der Waals surface area contributed by atoms with Crippen LogP contribution in [-0.4, -0.2) is 33.2 Å². The fourth-order valence-corrected chi connectivity index (χ4v) is 4.24. The molecule has 0 saturated carbocycles. The van der Waals surface area contributed by atoms with Crippen molar-refractivity contribution in [3.05, 3.63) is 46.6 Å². The van der Waals surface area contributed by atoms with Gasteiger partial charge in [0.1, 0.15) is 17.1 Å². The van der Waals surface area contributed by atoms with Crippen LogP contribution in [0.15, 0.2) is 30.6 Å². The molecule has 0 atom stereocenters. The molecule has 0 aliphatic heterocycles. The number of rotatable bonds is 4. The number of tetrazole rings is 1. The normalized spacial score (nSPS) is 12.9. The van der Waals surface area contributed by atoms with E-state index in [9.17, 15) is 4.79 Å². The number of nitrogens with one attached hydrogen (secondary N) is 1. The van der Waals surface area contributed by atoms with Crippen LogP contribution < -0.4 is 10.1 Å². The summed E-state index contributed by atoms with van der Waals surface area (Å²) in [5.41, 5.74) is 2.48. The van der Waals surface area contributed by atoms with Gasteiger partial charge in [0.15, 0.2) is 0 Å². The van der Waals surface area contributed by atoms with Gasteiger partial charge >= 0.3 is 0 Å². The largest absolute Gasteiger partial charge is 0.497 e. The van der Waals surface area contributed by atoms with Gasteiger partial charge in [-0.3, -0.25) is 4.79 Å². The molecule has 122 valence electrons. The van der Waals surface area contributed by atoms with Crippen molar-refractivity contribution in [1.82, 2.24) is 20.2 Å². The van der Waals surface area contributed by atoms with Crippen molar-refractivity contribution in [2.45, 2.75) is 19.3 Å². The SMILES string of the molecule is COc1cccc(NC(=O)c2c(-n3cnnn3)sc3c2CCC3)c1. The van der Waals surface area contributed by atoms with Gasteiger partial charge in [0.05, 0.1) is 12.7 Å². The minimum Gasteiger partial charge on any atom is -0.497 e. The highest BCUT2D eigenvalue weighted by Gasteiger charge is 2.28. The molecule has 0 saturated heterocycles. The quantitative estimate of drug-likeness (QED) is 0.788. The van der Waals surface area contributed by atoms with Gasteiger partial charge in [0.25, 0.3) is 5.91 Å². The third kappa shape index (κ3) is 2.54. The number of thiophene rings is 1. The Morgan fingerprint density at radius 3 is 3.08 bits per heavy atom. The Labute approximate surface area is 142 Å². The van der Waals surface area contributed by atoms with Crippen LogP contribution >= 0.6 is 11.3 Å². The third-order valence-electron chi connectivity index (χ3n) is 4.01. The van der Waals surface area contributed by atoms with E-state index < -0.39 is 0 Å². The van der Waals surface area contributed by atoms with Gasteiger partial charge in [-0.15, -0.1) is 16.4 Å². The Balaban J connectivity index is 1.71. The zero-order valence-electron chi connectivity index (χ0n) is 13.0. The van der Waals surface area contributed by atoms with Crippen LogP contribution in [0.3, 0.4) is 0 Å². The van der Waals surface area contributed by atoms with Gasteiger partial charge in [-0.2, -0.15) is 4.68 Å².